The fourth-order valence-electron chi connectivity index (χ4n) is 1.43. The summed E-state index contributed by atoms with van der Waals surface area (Å²) in [6.45, 7) is 0.161. The second-order valence-corrected chi connectivity index (χ2v) is 9.00. The molecule has 1 rings (SSSR count). The Morgan fingerprint density at radius 2 is 1.80 bits per heavy atom. The number of nitrogens with one attached hydrogen (secondary N) is 1. The monoisotopic (exact) mass is 321 g/mol. The van der Waals surface area contributed by atoms with E-state index in [0.29, 0.717) is 11.4 Å². The molecule has 1 aromatic carbocycles. The number of sulfone groups is 1. The van der Waals surface area contributed by atoms with Crippen LogP contribution in [0.5, 0.6) is 0 Å². The third-order valence-electron chi connectivity index (χ3n) is 2.59. The van der Waals surface area contributed by atoms with Crippen molar-refractivity contribution < 1.29 is 16.8 Å². The van der Waals surface area contributed by atoms with Crippen molar-refractivity contribution in [2.45, 2.75) is 4.90 Å². The molecule has 7 nitrogen and oxygen atoms in total. The van der Waals surface area contributed by atoms with E-state index in [2.05, 4.69) is 5.32 Å². The fourth-order valence-corrected chi connectivity index (χ4v) is 2.83. The normalized spacial score (nSPS) is 12.6. The number of hydrogen-bond acceptors (Lipinski definition) is 6. The molecule has 20 heavy (non-hydrogen) atoms. The van der Waals surface area contributed by atoms with Crippen LogP contribution < -0.4 is 11.1 Å². The van der Waals surface area contributed by atoms with Crippen LogP contribution in [0.2, 0.25) is 0 Å². The van der Waals surface area contributed by atoms with Gasteiger partial charge in [0, 0.05) is 26.9 Å². The molecule has 114 valence electrons. The van der Waals surface area contributed by atoms with Crippen LogP contribution in [0.1, 0.15) is 0 Å². The molecule has 1 aromatic rings. The summed E-state index contributed by atoms with van der Waals surface area (Å²) in [7, 11) is -3.77. The first kappa shape index (κ1) is 16.7. The maximum atomic E-state index is 12.0. The number of hydrogen-bond donors (Lipinski definition) is 2. The summed E-state index contributed by atoms with van der Waals surface area (Å²) in [6.07, 6.45) is 1.13. The van der Waals surface area contributed by atoms with Crippen molar-refractivity contribution in [1.29, 1.82) is 0 Å². The molecule has 0 saturated carbocycles. The molecule has 9 heteroatoms. The molecule has 0 aliphatic carbocycles. The Hall–Kier alpha value is -1.32. The van der Waals surface area contributed by atoms with E-state index >= 15 is 0 Å². The number of benzene rings is 1. The van der Waals surface area contributed by atoms with E-state index in [1.54, 1.807) is 0 Å². The van der Waals surface area contributed by atoms with E-state index in [1.807, 2.05) is 0 Å². The number of nitrogens with zero attached hydrogens (tertiary/aromatic N) is 1. The van der Waals surface area contributed by atoms with Crippen LogP contribution in [-0.4, -0.2) is 53.8 Å². The quantitative estimate of drug-likeness (QED) is 0.712. The molecule has 0 spiro atoms. The maximum Gasteiger partial charge on any atom is 0.242 e. The third-order valence-corrected chi connectivity index (χ3v) is 5.35. The molecule has 0 fully saturated rings. The molecule has 0 heterocycles. The van der Waals surface area contributed by atoms with Gasteiger partial charge in [-0.15, -0.1) is 0 Å². The van der Waals surface area contributed by atoms with Crippen molar-refractivity contribution in [3.8, 4) is 0 Å². The molecule has 0 bridgehead atoms. The summed E-state index contributed by atoms with van der Waals surface area (Å²) >= 11 is 0. The SMILES string of the molecule is CN(C)S(=O)(=O)c1ccc(N)c(NCCS(C)(=O)=O)c1. The van der Waals surface area contributed by atoms with Crippen LogP contribution in [-0.2, 0) is 19.9 Å². The molecule has 0 radical (unpaired) electrons. The van der Waals surface area contributed by atoms with Gasteiger partial charge in [-0.1, -0.05) is 0 Å². The molecule has 0 amide bonds. The Kier molecular flexibility index (Phi) is 5.00. The first-order chi connectivity index (χ1) is 9.04. The topological polar surface area (TPSA) is 110 Å². The summed E-state index contributed by atoms with van der Waals surface area (Å²) in [4.78, 5) is 0.0959. The highest BCUT2D eigenvalue weighted by Gasteiger charge is 2.18. The van der Waals surface area contributed by atoms with Gasteiger partial charge >= 0.3 is 0 Å². The van der Waals surface area contributed by atoms with E-state index in [0.717, 1.165) is 10.6 Å². The molecule has 0 atom stereocenters. The predicted octanol–water partition coefficient (Wildman–Crippen LogP) is -0.0244. The predicted molar refractivity (Wildman–Crippen MR) is 79.9 cm³/mol. The first-order valence-corrected chi connectivity index (χ1v) is 9.28. The maximum absolute atomic E-state index is 12.0. The lowest BCUT2D eigenvalue weighted by Crippen LogP contribution is -2.22. The molecule has 0 aliphatic heterocycles. The first-order valence-electron chi connectivity index (χ1n) is 5.77. The Labute approximate surface area is 119 Å². The van der Waals surface area contributed by atoms with Crippen molar-refractivity contribution in [3.63, 3.8) is 0 Å². The van der Waals surface area contributed by atoms with E-state index < -0.39 is 19.9 Å². The highest BCUT2D eigenvalue weighted by molar-refractivity contribution is 7.90. The number of sulfonamides is 1. The van der Waals surface area contributed by atoms with Gasteiger partial charge in [0.1, 0.15) is 9.84 Å². The van der Waals surface area contributed by atoms with Crippen molar-refractivity contribution in [2.75, 3.05) is 43.7 Å². The average molecular weight is 321 g/mol. The van der Waals surface area contributed by atoms with E-state index in [9.17, 15) is 16.8 Å². The minimum Gasteiger partial charge on any atom is -0.397 e. The largest absolute Gasteiger partial charge is 0.397 e. The van der Waals surface area contributed by atoms with Crippen molar-refractivity contribution in [3.05, 3.63) is 18.2 Å². The van der Waals surface area contributed by atoms with Gasteiger partial charge in [-0.3, -0.25) is 0 Å². The van der Waals surface area contributed by atoms with Gasteiger partial charge in [0.25, 0.3) is 0 Å². The zero-order chi connectivity index (χ0) is 15.6. The van der Waals surface area contributed by atoms with Crippen molar-refractivity contribution >= 4 is 31.2 Å². The van der Waals surface area contributed by atoms with Crippen LogP contribution in [0.15, 0.2) is 23.1 Å². The molecule has 0 aromatic heterocycles. The highest BCUT2D eigenvalue weighted by atomic mass is 32.2. The van der Waals surface area contributed by atoms with Gasteiger partial charge in [0.05, 0.1) is 22.0 Å². The standard InChI is InChI=1S/C11H19N3O4S2/c1-14(2)20(17,18)9-4-5-10(12)11(8-9)13-6-7-19(3,15)16/h4-5,8,13H,6-7,12H2,1-3H3. The minimum absolute atomic E-state index is 0.0584. The van der Waals surface area contributed by atoms with Gasteiger partial charge in [0.2, 0.25) is 10.0 Å². The zero-order valence-corrected chi connectivity index (χ0v) is 13.3. The van der Waals surface area contributed by atoms with Gasteiger partial charge < -0.3 is 11.1 Å². The van der Waals surface area contributed by atoms with Crippen LogP contribution in [0.4, 0.5) is 11.4 Å². The summed E-state index contributed by atoms with van der Waals surface area (Å²) in [6, 6.07) is 4.28. The Morgan fingerprint density at radius 3 is 2.30 bits per heavy atom. The fraction of sp³-hybridized carbons (Fsp3) is 0.455. The van der Waals surface area contributed by atoms with Crippen LogP contribution in [0.3, 0.4) is 0 Å². The Morgan fingerprint density at radius 1 is 1.20 bits per heavy atom. The lowest BCUT2D eigenvalue weighted by atomic mass is 10.2. The number of nitrogen functional groups attached to an aromatic ring is 1. The molecule has 0 aliphatic rings. The summed E-state index contributed by atoms with van der Waals surface area (Å²) in [5.74, 6) is -0.0584. The van der Waals surface area contributed by atoms with E-state index in [4.69, 9.17) is 5.73 Å². The molecular formula is C11H19N3O4S2. The second-order valence-electron chi connectivity index (χ2n) is 4.59. The van der Waals surface area contributed by atoms with Gasteiger partial charge in [-0.25, -0.2) is 21.1 Å². The number of anilines is 2. The summed E-state index contributed by atoms with van der Waals surface area (Å²) < 4.78 is 47.2. The Bertz CT molecular complexity index is 682. The Balaban J connectivity index is 2.99. The molecule has 0 unspecified atom stereocenters. The second kappa shape index (κ2) is 5.98. The highest BCUT2D eigenvalue weighted by Crippen LogP contribution is 2.24. The van der Waals surface area contributed by atoms with E-state index in [-0.39, 0.29) is 17.2 Å². The third kappa shape index (κ3) is 4.36. The van der Waals surface area contributed by atoms with Crippen LogP contribution in [0.25, 0.3) is 0 Å². The average Bonchev–Trinajstić information content (AvgIpc) is 2.29. The lowest BCUT2D eigenvalue weighted by molar-refractivity contribution is 0.521. The summed E-state index contributed by atoms with van der Waals surface area (Å²) in [5.41, 5.74) is 6.50. The van der Waals surface area contributed by atoms with Crippen molar-refractivity contribution in [1.82, 2.24) is 4.31 Å². The van der Waals surface area contributed by atoms with Crippen LogP contribution in [0, 0.1) is 0 Å². The van der Waals surface area contributed by atoms with Gasteiger partial charge in [0.15, 0.2) is 0 Å². The smallest absolute Gasteiger partial charge is 0.242 e. The lowest BCUT2D eigenvalue weighted by Gasteiger charge is -2.14. The van der Waals surface area contributed by atoms with Gasteiger partial charge in [-0.05, 0) is 18.2 Å². The molecule has 3 N–H and O–H groups in total. The van der Waals surface area contributed by atoms with E-state index in [1.165, 1.54) is 32.3 Å². The zero-order valence-electron chi connectivity index (χ0n) is 11.6. The molecular weight excluding hydrogens is 302 g/mol. The molecule has 0 saturated heterocycles. The van der Waals surface area contributed by atoms with Crippen molar-refractivity contribution in [2.24, 2.45) is 0 Å². The summed E-state index contributed by atoms with van der Waals surface area (Å²) in [5, 5.41) is 2.83. The van der Waals surface area contributed by atoms with Gasteiger partial charge in [-0.2, -0.15) is 0 Å². The number of rotatable bonds is 6. The number of nitrogens with two attached hydrogens (primary N) is 1. The van der Waals surface area contributed by atoms with Crippen LogP contribution >= 0.6 is 0 Å². The minimum atomic E-state index is -3.55.